The molecule has 3 heterocycles. The maximum atomic E-state index is 13.2. The Morgan fingerprint density at radius 1 is 1.33 bits per heavy atom. The first-order valence-electron chi connectivity index (χ1n) is 12.0. The van der Waals surface area contributed by atoms with Gasteiger partial charge in [-0.2, -0.15) is 0 Å². The van der Waals surface area contributed by atoms with E-state index in [9.17, 15) is 4.79 Å². The quantitative estimate of drug-likeness (QED) is 0.467. The van der Waals surface area contributed by atoms with E-state index in [0.717, 1.165) is 34.9 Å². The van der Waals surface area contributed by atoms with E-state index in [0.29, 0.717) is 29.2 Å². The summed E-state index contributed by atoms with van der Waals surface area (Å²) in [7, 11) is 0. The van der Waals surface area contributed by atoms with Gasteiger partial charge in [0.1, 0.15) is 11.4 Å². The average Bonchev–Trinajstić information content (AvgIpc) is 2.85. The molecule has 0 unspecified atom stereocenters. The molecule has 9 nitrogen and oxygen atoms in total. The Labute approximate surface area is 219 Å². The lowest BCUT2D eigenvalue weighted by molar-refractivity contribution is -0.00341. The highest BCUT2D eigenvalue weighted by atomic mass is 79.9. The highest BCUT2D eigenvalue weighted by molar-refractivity contribution is 9.12. The molecule has 1 fully saturated rings. The molecule has 0 bridgehead atoms. The summed E-state index contributed by atoms with van der Waals surface area (Å²) in [5.41, 5.74) is 2.64. The van der Waals surface area contributed by atoms with Crippen LogP contribution in [0.15, 0.2) is 52.5 Å². The van der Waals surface area contributed by atoms with E-state index in [1.165, 1.54) is 5.01 Å². The highest BCUT2D eigenvalue weighted by Crippen LogP contribution is 2.29. The number of fused-ring (bicyclic) bond motifs is 1. The first-order valence-corrected chi connectivity index (χ1v) is 12.8. The largest absolute Gasteiger partial charge is 0.444 e. The molecular weight excluding hydrogens is 524 g/mol. The van der Waals surface area contributed by atoms with E-state index in [1.54, 1.807) is 11.1 Å². The normalized spacial score (nSPS) is 18.8. The number of allylic oxidation sites excluding steroid dienone is 1. The predicted octanol–water partition coefficient (Wildman–Crippen LogP) is 4.70. The van der Waals surface area contributed by atoms with Gasteiger partial charge in [0.25, 0.3) is 0 Å². The Hall–Kier alpha value is -2.95. The van der Waals surface area contributed by atoms with Crippen molar-refractivity contribution in [1.29, 1.82) is 5.41 Å². The molecule has 2 aliphatic heterocycles. The molecule has 1 saturated heterocycles. The maximum absolute atomic E-state index is 13.2. The minimum atomic E-state index is -0.627. The van der Waals surface area contributed by atoms with Crippen molar-refractivity contribution >= 4 is 44.3 Å². The van der Waals surface area contributed by atoms with Gasteiger partial charge in [-0.25, -0.2) is 15.6 Å². The third-order valence-electron chi connectivity index (χ3n) is 6.19. The Kier molecular flexibility index (Phi) is 7.67. The van der Waals surface area contributed by atoms with E-state index in [-0.39, 0.29) is 18.4 Å². The highest BCUT2D eigenvalue weighted by Gasteiger charge is 2.34. The van der Waals surface area contributed by atoms with Gasteiger partial charge in [-0.3, -0.25) is 15.3 Å². The van der Waals surface area contributed by atoms with E-state index >= 15 is 0 Å². The number of halogens is 1. The Morgan fingerprint density at radius 2 is 2.03 bits per heavy atom. The second-order valence-electron chi connectivity index (χ2n) is 9.98. The van der Waals surface area contributed by atoms with Gasteiger partial charge in [-0.1, -0.05) is 18.2 Å². The summed E-state index contributed by atoms with van der Waals surface area (Å²) in [5, 5.41) is 14.3. The van der Waals surface area contributed by atoms with Gasteiger partial charge in [0.15, 0.2) is 5.84 Å². The molecule has 1 aromatic heterocycles. The minimum absolute atomic E-state index is 0.0356. The maximum Gasteiger partial charge on any atom is 0.410 e. The van der Waals surface area contributed by atoms with E-state index < -0.39 is 11.7 Å². The number of aromatic nitrogens is 1. The number of nitrogens with two attached hydrogens (primary N) is 1. The van der Waals surface area contributed by atoms with Crippen LogP contribution in [-0.4, -0.2) is 58.2 Å². The number of hydrazine groups is 1. The van der Waals surface area contributed by atoms with Crippen LogP contribution in [0.5, 0.6) is 0 Å². The number of amides is 1. The summed E-state index contributed by atoms with van der Waals surface area (Å²) in [6, 6.07) is 9.91. The van der Waals surface area contributed by atoms with Gasteiger partial charge in [-0.15, -0.1) is 0 Å². The Morgan fingerprint density at radius 3 is 2.72 bits per heavy atom. The molecule has 192 valence electrons. The van der Waals surface area contributed by atoms with Gasteiger partial charge < -0.3 is 14.8 Å². The number of pyridine rings is 1. The number of amidine groups is 1. The van der Waals surface area contributed by atoms with Gasteiger partial charge in [0.2, 0.25) is 0 Å². The topological polar surface area (TPSA) is 117 Å². The summed E-state index contributed by atoms with van der Waals surface area (Å²) >= 11 is 3.52. The second kappa shape index (κ2) is 10.6. The third-order valence-corrected chi connectivity index (χ3v) is 7.04. The molecular formula is C26H33BrN6O3. The number of ether oxygens (including phenoxy) is 2. The number of hydrogen-bond donors (Lipinski definition) is 3. The summed E-state index contributed by atoms with van der Waals surface area (Å²) in [5.74, 6) is 6.96. The third kappa shape index (κ3) is 5.71. The van der Waals surface area contributed by atoms with Crippen LogP contribution in [0.25, 0.3) is 16.5 Å². The fraction of sp³-hybridized carbons (Fsp3) is 0.423. The molecule has 1 amide bonds. The van der Waals surface area contributed by atoms with Crippen LogP contribution >= 0.6 is 15.9 Å². The van der Waals surface area contributed by atoms with E-state index in [2.05, 4.69) is 26.2 Å². The van der Waals surface area contributed by atoms with E-state index in [4.69, 9.17) is 20.7 Å². The number of carbonyl (C=O) groups excluding carboxylic acids is 1. The lowest BCUT2D eigenvalue weighted by Crippen LogP contribution is -2.51. The number of rotatable bonds is 4. The first-order chi connectivity index (χ1) is 17.0. The lowest BCUT2D eigenvalue weighted by atomic mass is 10.1. The van der Waals surface area contributed by atoms with Gasteiger partial charge in [-0.05, 0) is 74.2 Å². The van der Waals surface area contributed by atoms with Crippen molar-refractivity contribution in [2.75, 3.05) is 19.8 Å². The zero-order valence-corrected chi connectivity index (χ0v) is 22.7. The van der Waals surface area contributed by atoms with Crippen molar-refractivity contribution in [2.24, 2.45) is 5.84 Å². The number of hydrogen-bond acceptors (Lipinski definition) is 7. The fourth-order valence-corrected chi connectivity index (χ4v) is 4.66. The molecule has 0 saturated carbocycles. The predicted molar refractivity (Wildman–Crippen MR) is 144 cm³/mol. The monoisotopic (exact) mass is 556 g/mol. The summed E-state index contributed by atoms with van der Waals surface area (Å²) in [4.78, 5) is 19.5. The van der Waals surface area contributed by atoms with Crippen molar-refractivity contribution in [3.8, 4) is 0 Å². The summed E-state index contributed by atoms with van der Waals surface area (Å²) in [6.45, 7) is 8.89. The zero-order chi connectivity index (χ0) is 26.0. The van der Waals surface area contributed by atoms with Gasteiger partial charge in [0.05, 0.1) is 22.2 Å². The molecule has 10 heteroatoms. The Balaban J connectivity index is 1.67. The van der Waals surface area contributed by atoms with Crippen molar-refractivity contribution in [1.82, 2.24) is 20.2 Å². The number of nitrogens with zero attached hydrogens (tertiary/aromatic N) is 3. The zero-order valence-electron chi connectivity index (χ0n) is 21.1. The van der Waals surface area contributed by atoms with Gasteiger partial charge >= 0.3 is 6.09 Å². The SMILES string of the molecule is C/C(=C1/NC(CN(C(=O)OC(C)(C)C)C2CCOCC2)=C(Br)C(=N)N1N)c1cnc2ccccc2c1. The van der Waals surface area contributed by atoms with Crippen LogP contribution in [0, 0.1) is 5.41 Å². The van der Waals surface area contributed by atoms with Crippen LogP contribution in [0.2, 0.25) is 0 Å². The number of benzene rings is 1. The minimum Gasteiger partial charge on any atom is -0.444 e. The van der Waals surface area contributed by atoms with Crippen LogP contribution < -0.4 is 11.2 Å². The number of nitrogens with one attached hydrogen (secondary N) is 2. The lowest BCUT2D eigenvalue weighted by Gasteiger charge is -2.38. The van der Waals surface area contributed by atoms with Gasteiger partial charge in [0, 0.05) is 36.4 Å². The molecule has 1 aromatic carbocycles. The molecule has 0 atom stereocenters. The summed E-state index contributed by atoms with van der Waals surface area (Å²) < 4.78 is 11.7. The van der Waals surface area contributed by atoms with Crippen LogP contribution in [-0.2, 0) is 9.47 Å². The van der Waals surface area contributed by atoms with Crippen molar-refractivity contribution < 1.29 is 14.3 Å². The standard InChI is InChI=1S/C26H33BrN6O3/c1-16(18-13-17-7-5-6-8-20(17)30-14-18)24-31-21(22(27)23(28)33(24)29)15-32(19-9-11-35-12-10-19)25(34)36-26(2,3)4/h5-8,13-14,19,28,31H,9-12,15,29H2,1-4H3/b24-16+,28-23?. The average molecular weight is 557 g/mol. The van der Waals surface area contributed by atoms with Crippen LogP contribution in [0.3, 0.4) is 0 Å². The van der Waals surface area contributed by atoms with E-state index in [1.807, 2.05) is 58.0 Å². The van der Waals surface area contributed by atoms with Crippen molar-refractivity contribution in [2.45, 2.75) is 52.2 Å². The molecule has 2 aromatic rings. The second-order valence-corrected chi connectivity index (χ2v) is 10.8. The van der Waals surface area contributed by atoms with Crippen molar-refractivity contribution in [3.05, 3.63) is 58.1 Å². The molecule has 4 N–H and O–H groups in total. The number of carbonyl (C=O) groups is 1. The summed E-state index contributed by atoms with van der Waals surface area (Å²) in [6.07, 6.45) is 2.84. The number of para-hydroxylation sites is 1. The molecule has 0 aliphatic carbocycles. The fourth-order valence-electron chi connectivity index (χ4n) is 4.25. The van der Waals surface area contributed by atoms with Crippen LogP contribution in [0.4, 0.5) is 4.79 Å². The molecule has 0 radical (unpaired) electrons. The van der Waals surface area contributed by atoms with Crippen molar-refractivity contribution in [3.63, 3.8) is 0 Å². The molecule has 36 heavy (non-hydrogen) atoms. The molecule has 4 rings (SSSR count). The first kappa shape index (κ1) is 26.1. The Bertz CT molecular complexity index is 1230. The molecule has 0 spiro atoms. The molecule has 2 aliphatic rings. The smallest absolute Gasteiger partial charge is 0.410 e. The van der Waals surface area contributed by atoms with Crippen LogP contribution in [0.1, 0.15) is 46.1 Å².